The van der Waals surface area contributed by atoms with Gasteiger partial charge < -0.3 is 9.64 Å². The summed E-state index contributed by atoms with van der Waals surface area (Å²) in [5.74, 6) is 0.354. The largest absolute Gasteiger partial charge is 0.379 e. The van der Waals surface area contributed by atoms with Gasteiger partial charge >= 0.3 is 0 Å². The number of ether oxygens (including phenoxy) is 1. The van der Waals surface area contributed by atoms with E-state index in [1.807, 2.05) is 25.1 Å². The molecule has 5 heteroatoms. The molecular formula is C21H31ClN2O2. The van der Waals surface area contributed by atoms with Crippen LogP contribution in [0.2, 0.25) is 5.02 Å². The van der Waals surface area contributed by atoms with Crippen LogP contribution in [0, 0.1) is 0 Å². The number of hydrogen-bond donors (Lipinski definition) is 0. The molecule has 0 saturated carbocycles. The van der Waals surface area contributed by atoms with Gasteiger partial charge in [0.05, 0.1) is 18.6 Å². The maximum Gasteiger partial charge on any atom is 0.143 e. The molecule has 0 bridgehead atoms. The van der Waals surface area contributed by atoms with Crippen LogP contribution in [-0.4, -0.2) is 68.1 Å². The summed E-state index contributed by atoms with van der Waals surface area (Å²) < 4.78 is 5.41. The van der Waals surface area contributed by atoms with Crippen molar-refractivity contribution in [1.29, 1.82) is 0 Å². The summed E-state index contributed by atoms with van der Waals surface area (Å²) in [5.41, 5.74) is 0.755. The number of benzene rings is 1. The normalized spacial score (nSPS) is 21.6. The smallest absolute Gasteiger partial charge is 0.143 e. The van der Waals surface area contributed by atoms with Gasteiger partial charge in [0.25, 0.3) is 0 Å². The molecule has 0 N–H and O–H groups in total. The van der Waals surface area contributed by atoms with Crippen molar-refractivity contribution in [2.75, 3.05) is 52.5 Å². The van der Waals surface area contributed by atoms with Crippen molar-refractivity contribution >= 4 is 17.4 Å². The van der Waals surface area contributed by atoms with Crippen LogP contribution < -0.4 is 0 Å². The van der Waals surface area contributed by atoms with Crippen molar-refractivity contribution in [1.82, 2.24) is 9.80 Å². The van der Waals surface area contributed by atoms with Crippen LogP contribution in [0.15, 0.2) is 24.3 Å². The highest BCUT2D eigenvalue weighted by Crippen LogP contribution is 2.38. The first kappa shape index (κ1) is 19.8. The molecule has 4 nitrogen and oxygen atoms in total. The molecule has 2 saturated heterocycles. The van der Waals surface area contributed by atoms with Gasteiger partial charge in [-0.15, -0.1) is 0 Å². The van der Waals surface area contributed by atoms with Crippen LogP contribution in [-0.2, 0) is 14.9 Å². The fourth-order valence-corrected chi connectivity index (χ4v) is 4.54. The molecule has 2 aliphatic rings. The molecule has 2 fully saturated rings. The molecule has 1 aromatic carbocycles. The molecule has 144 valence electrons. The Kier molecular flexibility index (Phi) is 7.10. The van der Waals surface area contributed by atoms with Gasteiger partial charge in [-0.1, -0.05) is 30.7 Å². The monoisotopic (exact) mass is 378 g/mol. The van der Waals surface area contributed by atoms with Crippen LogP contribution in [0.4, 0.5) is 0 Å². The van der Waals surface area contributed by atoms with E-state index in [-0.39, 0.29) is 5.41 Å². The zero-order chi connectivity index (χ0) is 18.4. The highest BCUT2D eigenvalue weighted by Gasteiger charge is 2.41. The highest BCUT2D eigenvalue weighted by molar-refractivity contribution is 6.30. The first-order valence-corrected chi connectivity index (χ1v) is 10.3. The minimum atomic E-state index is -0.347. The van der Waals surface area contributed by atoms with Crippen molar-refractivity contribution < 1.29 is 9.53 Å². The van der Waals surface area contributed by atoms with Gasteiger partial charge in [-0.2, -0.15) is 0 Å². The zero-order valence-corrected chi connectivity index (χ0v) is 16.6. The number of halogens is 1. The molecule has 26 heavy (non-hydrogen) atoms. The number of Topliss-reactive ketones (excluding diaryl/α,β-unsaturated/α-hetero) is 1. The lowest BCUT2D eigenvalue weighted by molar-refractivity contribution is -0.126. The standard InChI is InChI=1S/C21H31ClN2O2/c1-2-20(25)21(18-5-3-6-19(22)17-18)7-11-23(12-8-21)9-4-10-24-13-15-26-16-14-24/h3,5-6,17H,2,4,7-16H2,1H3. The Morgan fingerprint density at radius 1 is 1.12 bits per heavy atom. The fourth-order valence-electron chi connectivity index (χ4n) is 4.35. The maximum absolute atomic E-state index is 12.8. The quantitative estimate of drug-likeness (QED) is 0.728. The second kappa shape index (κ2) is 9.32. The van der Waals surface area contributed by atoms with E-state index in [0.717, 1.165) is 75.9 Å². The summed E-state index contributed by atoms with van der Waals surface area (Å²) in [7, 11) is 0. The highest BCUT2D eigenvalue weighted by atomic mass is 35.5. The summed E-state index contributed by atoms with van der Waals surface area (Å²) in [6, 6.07) is 7.92. The van der Waals surface area contributed by atoms with Gasteiger partial charge in [0.15, 0.2) is 0 Å². The lowest BCUT2D eigenvalue weighted by Gasteiger charge is -2.41. The summed E-state index contributed by atoms with van der Waals surface area (Å²) in [4.78, 5) is 17.9. The van der Waals surface area contributed by atoms with Crippen molar-refractivity contribution in [2.24, 2.45) is 0 Å². The Bertz CT molecular complexity index is 593. The first-order valence-electron chi connectivity index (χ1n) is 9.96. The van der Waals surface area contributed by atoms with Crippen LogP contribution in [0.25, 0.3) is 0 Å². The Balaban J connectivity index is 1.56. The number of nitrogens with zero attached hydrogens (tertiary/aromatic N) is 2. The lowest BCUT2D eigenvalue weighted by Crippen LogP contribution is -2.47. The molecule has 0 amide bonds. The average Bonchev–Trinajstić information content (AvgIpc) is 2.69. The van der Waals surface area contributed by atoms with E-state index in [4.69, 9.17) is 16.3 Å². The maximum atomic E-state index is 12.8. The first-order chi connectivity index (χ1) is 12.6. The number of ketones is 1. The molecule has 2 aliphatic heterocycles. The van der Waals surface area contributed by atoms with E-state index in [0.29, 0.717) is 12.2 Å². The van der Waals surface area contributed by atoms with Gasteiger partial charge in [-0.25, -0.2) is 0 Å². The van der Waals surface area contributed by atoms with Crippen molar-refractivity contribution in [3.8, 4) is 0 Å². The van der Waals surface area contributed by atoms with E-state index in [1.165, 1.54) is 6.42 Å². The Morgan fingerprint density at radius 3 is 2.38 bits per heavy atom. The van der Waals surface area contributed by atoms with E-state index in [2.05, 4.69) is 15.9 Å². The number of rotatable bonds is 7. The summed E-state index contributed by atoms with van der Waals surface area (Å²) >= 11 is 6.21. The molecule has 0 radical (unpaired) electrons. The van der Waals surface area contributed by atoms with E-state index in [9.17, 15) is 4.79 Å². The lowest BCUT2D eigenvalue weighted by atomic mass is 9.69. The van der Waals surface area contributed by atoms with E-state index < -0.39 is 0 Å². The minimum absolute atomic E-state index is 0.347. The molecule has 0 aromatic heterocycles. The molecule has 0 atom stereocenters. The fraction of sp³-hybridized carbons (Fsp3) is 0.667. The second-order valence-corrected chi connectivity index (χ2v) is 7.95. The number of morpholine rings is 1. The predicted molar refractivity (Wildman–Crippen MR) is 106 cm³/mol. The van der Waals surface area contributed by atoms with E-state index >= 15 is 0 Å². The molecule has 2 heterocycles. The third kappa shape index (κ3) is 4.66. The van der Waals surface area contributed by atoms with Gasteiger partial charge in [-0.3, -0.25) is 9.69 Å². The molecule has 0 spiro atoms. The predicted octanol–water partition coefficient (Wildman–Crippen LogP) is 3.38. The third-order valence-corrected chi connectivity index (χ3v) is 6.23. The summed E-state index contributed by atoms with van der Waals surface area (Å²) in [6.07, 6.45) is 3.57. The molecule has 3 rings (SSSR count). The number of carbonyl (C=O) groups excluding carboxylic acids is 1. The Hall–Kier alpha value is -0.940. The van der Waals surface area contributed by atoms with Gasteiger partial charge in [0, 0.05) is 24.5 Å². The molecule has 0 aliphatic carbocycles. The number of carbonyl (C=O) groups is 1. The van der Waals surface area contributed by atoms with Crippen LogP contribution in [0.3, 0.4) is 0 Å². The van der Waals surface area contributed by atoms with Gasteiger partial charge in [-0.05, 0) is 63.1 Å². The number of piperidine rings is 1. The zero-order valence-electron chi connectivity index (χ0n) is 15.9. The number of likely N-dealkylation sites (tertiary alicyclic amines) is 1. The molecular weight excluding hydrogens is 348 g/mol. The molecule has 1 aromatic rings. The summed E-state index contributed by atoms with van der Waals surface area (Å²) in [5, 5.41) is 0.721. The third-order valence-electron chi connectivity index (χ3n) is 5.99. The molecule has 0 unspecified atom stereocenters. The minimum Gasteiger partial charge on any atom is -0.379 e. The van der Waals surface area contributed by atoms with Gasteiger partial charge in [0.1, 0.15) is 5.78 Å². The SMILES string of the molecule is CCC(=O)C1(c2cccc(Cl)c2)CCN(CCCN2CCOCC2)CC1. The second-order valence-electron chi connectivity index (χ2n) is 7.52. The van der Waals surface area contributed by atoms with Crippen LogP contribution in [0.1, 0.15) is 38.2 Å². The Labute approximate surface area is 162 Å². The van der Waals surface area contributed by atoms with Crippen molar-refractivity contribution in [2.45, 2.75) is 38.0 Å². The van der Waals surface area contributed by atoms with E-state index in [1.54, 1.807) is 0 Å². The number of hydrogen-bond acceptors (Lipinski definition) is 4. The topological polar surface area (TPSA) is 32.8 Å². The van der Waals surface area contributed by atoms with Crippen LogP contribution >= 0.6 is 11.6 Å². The van der Waals surface area contributed by atoms with Crippen molar-refractivity contribution in [3.05, 3.63) is 34.9 Å². The van der Waals surface area contributed by atoms with Crippen LogP contribution in [0.5, 0.6) is 0 Å². The Morgan fingerprint density at radius 2 is 1.77 bits per heavy atom. The average molecular weight is 379 g/mol. The summed E-state index contributed by atoms with van der Waals surface area (Å²) in [6.45, 7) is 10.1. The van der Waals surface area contributed by atoms with Crippen molar-refractivity contribution in [3.63, 3.8) is 0 Å². The van der Waals surface area contributed by atoms with Gasteiger partial charge in [0.2, 0.25) is 0 Å².